The van der Waals surface area contributed by atoms with Crippen molar-refractivity contribution in [1.29, 1.82) is 0 Å². The Morgan fingerprint density at radius 2 is 2.31 bits per heavy atom. The standard InChI is InChI=1S/C10H12O3/c1-7(11)4-8-2-3-9-10(5-8)13-6-12-9/h2-3,5,7,11H,4,6H2,1H3/i6D2. The first-order valence-electron chi connectivity index (χ1n) is 5.15. The molecule has 0 fully saturated rings. The lowest BCUT2D eigenvalue weighted by Crippen LogP contribution is -2.03. The number of benzene rings is 1. The molecule has 1 aromatic rings. The maximum absolute atomic E-state index is 9.21. The van der Waals surface area contributed by atoms with Gasteiger partial charge >= 0.3 is 0 Å². The predicted octanol–water partition coefficient (Wildman–Crippen LogP) is 1.34. The maximum Gasteiger partial charge on any atom is 0.231 e. The van der Waals surface area contributed by atoms with Gasteiger partial charge in [-0.1, -0.05) is 6.07 Å². The molecule has 1 aliphatic rings. The molecular weight excluding hydrogens is 168 g/mol. The Labute approximate surface area is 79.7 Å². The van der Waals surface area contributed by atoms with E-state index in [1.807, 2.05) is 0 Å². The fraction of sp³-hybridized carbons (Fsp3) is 0.400. The molecule has 0 saturated carbocycles. The lowest BCUT2D eigenvalue weighted by Gasteiger charge is -2.04. The van der Waals surface area contributed by atoms with E-state index in [9.17, 15) is 5.11 Å². The van der Waals surface area contributed by atoms with Crippen LogP contribution < -0.4 is 9.47 Å². The number of hydrogen-bond acceptors (Lipinski definition) is 3. The summed E-state index contributed by atoms with van der Waals surface area (Å²) in [6.45, 7) is -0.379. The number of fused-ring (bicyclic) bond motifs is 1. The smallest absolute Gasteiger partial charge is 0.231 e. The summed E-state index contributed by atoms with van der Waals surface area (Å²) in [4.78, 5) is 0. The average molecular weight is 182 g/mol. The van der Waals surface area contributed by atoms with Gasteiger partial charge in [-0.05, 0) is 31.0 Å². The highest BCUT2D eigenvalue weighted by Crippen LogP contribution is 2.32. The molecular formula is C10H12O3. The van der Waals surface area contributed by atoms with E-state index in [4.69, 9.17) is 12.2 Å². The topological polar surface area (TPSA) is 38.7 Å². The highest BCUT2D eigenvalue weighted by molar-refractivity contribution is 5.44. The minimum Gasteiger partial charge on any atom is -0.454 e. The van der Waals surface area contributed by atoms with Crippen LogP contribution in [0.3, 0.4) is 0 Å². The SMILES string of the molecule is [2H]C1([2H])Oc2ccc(CC(C)O)cc2O1. The summed E-state index contributed by atoms with van der Waals surface area (Å²) in [5, 5.41) is 9.21. The Balaban J connectivity index is 2.23. The molecule has 0 radical (unpaired) electrons. The van der Waals surface area contributed by atoms with Crippen molar-refractivity contribution < 1.29 is 17.3 Å². The molecule has 1 atom stereocenters. The van der Waals surface area contributed by atoms with Crippen molar-refractivity contribution in [3.8, 4) is 11.5 Å². The molecule has 0 saturated heterocycles. The number of aliphatic hydroxyl groups is 1. The molecule has 1 aliphatic heterocycles. The molecule has 1 aromatic carbocycles. The van der Waals surface area contributed by atoms with E-state index in [-0.39, 0.29) is 0 Å². The van der Waals surface area contributed by atoms with Crippen LogP contribution in [0.4, 0.5) is 0 Å². The van der Waals surface area contributed by atoms with Crippen LogP contribution in [0.2, 0.25) is 0 Å². The van der Waals surface area contributed by atoms with Crippen LogP contribution in [0, 0.1) is 0 Å². The lowest BCUT2D eigenvalue weighted by molar-refractivity contribution is 0.174. The van der Waals surface area contributed by atoms with Gasteiger partial charge in [0.25, 0.3) is 0 Å². The zero-order chi connectivity index (χ0) is 11.1. The summed E-state index contributed by atoms with van der Waals surface area (Å²) in [5.74, 6) is 0.785. The van der Waals surface area contributed by atoms with Crippen molar-refractivity contribution >= 4 is 0 Å². The summed E-state index contributed by atoms with van der Waals surface area (Å²) in [5.41, 5.74) is 0.894. The van der Waals surface area contributed by atoms with E-state index in [2.05, 4.69) is 0 Å². The molecule has 0 aliphatic carbocycles. The van der Waals surface area contributed by atoms with Gasteiger partial charge in [0.15, 0.2) is 11.5 Å². The number of aliphatic hydroxyl groups excluding tert-OH is 1. The molecule has 2 rings (SSSR count). The Kier molecular flexibility index (Phi) is 1.57. The van der Waals surface area contributed by atoms with Crippen molar-refractivity contribution in [3.05, 3.63) is 23.8 Å². The zero-order valence-corrected chi connectivity index (χ0v) is 7.28. The van der Waals surface area contributed by atoms with E-state index in [1.54, 1.807) is 25.1 Å². The van der Waals surface area contributed by atoms with Crippen molar-refractivity contribution in [2.45, 2.75) is 19.4 Å². The van der Waals surface area contributed by atoms with Crippen LogP contribution in [0.1, 0.15) is 15.2 Å². The van der Waals surface area contributed by atoms with Crippen molar-refractivity contribution in [3.63, 3.8) is 0 Å². The third kappa shape index (κ3) is 1.75. The Bertz CT molecular complexity index is 377. The number of hydrogen-bond donors (Lipinski definition) is 1. The predicted molar refractivity (Wildman–Crippen MR) is 47.9 cm³/mol. The molecule has 3 heteroatoms. The first kappa shape index (κ1) is 6.27. The van der Waals surface area contributed by atoms with Gasteiger partial charge in [-0.2, -0.15) is 0 Å². The Morgan fingerprint density at radius 1 is 1.54 bits per heavy atom. The van der Waals surface area contributed by atoms with Gasteiger partial charge in [0.1, 0.15) is 2.74 Å². The first-order valence-corrected chi connectivity index (χ1v) is 4.15. The van der Waals surface area contributed by atoms with Crippen molar-refractivity contribution in [1.82, 2.24) is 0 Å². The van der Waals surface area contributed by atoms with Crippen LogP contribution in [0.5, 0.6) is 11.5 Å². The monoisotopic (exact) mass is 182 g/mol. The minimum absolute atomic E-state index is 0.387. The Hall–Kier alpha value is -1.22. The number of ether oxygens (including phenoxy) is 2. The van der Waals surface area contributed by atoms with Gasteiger partial charge in [-0.3, -0.25) is 0 Å². The second-order valence-corrected chi connectivity index (χ2v) is 3.12. The van der Waals surface area contributed by atoms with E-state index < -0.39 is 12.8 Å². The van der Waals surface area contributed by atoms with Gasteiger partial charge in [0.2, 0.25) is 6.75 Å². The van der Waals surface area contributed by atoms with Crippen LogP contribution >= 0.6 is 0 Å². The highest BCUT2D eigenvalue weighted by atomic mass is 16.7. The summed E-state index contributed by atoms with van der Waals surface area (Å²) < 4.78 is 24.4. The van der Waals surface area contributed by atoms with E-state index >= 15 is 0 Å². The van der Waals surface area contributed by atoms with Gasteiger partial charge in [-0.25, -0.2) is 0 Å². The molecule has 1 heterocycles. The molecule has 13 heavy (non-hydrogen) atoms. The first-order chi connectivity index (χ1) is 6.96. The van der Waals surface area contributed by atoms with Gasteiger partial charge in [-0.15, -0.1) is 0 Å². The summed E-state index contributed by atoms with van der Waals surface area (Å²) in [6.07, 6.45) is 0.0849. The fourth-order valence-electron chi connectivity index (χ4n) is 1.30. The van der Waals surface area contributed by atoms with E-state index in [0.29, 0.717) is 17.9 Å². The highest BCUT2D eigenvalue weighted by Gasteiger charge is 2.13. The summed E-state index contributed by atoms with van der Waals surface area (Å²) in [6, 6.07) is 5.13. The third-order valence-corrected chi connectivity index (χ3v) is 1.84. The lowest BCUT2D eigenvalue weighted by atomic mass is 10.1. The summed E-state index contributed by atoms with van der Waals surface area (Å²) in [7, 11) is 0. The molecule has 0 spiro atoms. The average Bonchev–Trinajstić information content (AvgIpc) is 2.36. The minimum atomic E-state index is -2.08. The molecule has 70 valence electrons. The summed E-state index contributed by atoms with van der Waals surface area (Å²) >= 11 is 0. The molecule has 3 nitrogen and oxygen atoms in total. The van der Waals surface area contributed by atoms with Crippen LogP contribution in [0.15, 0.2) is 18.2 Å². The quantitative estimate of drug-likeness (QED) is 0.750. The van der Waals surface area contributed by atoms with Gasteiger partial charge < -0.3 is 14.6 Å². The van der Waals surface area contributed by atoms with Crippen molar-refractivity contribution in [2.75, 3.05) is 6.75 Å². The largest absolute Gasteiger partial charge is 0.454 e. The van der Waals surface area contributed by atoms with Gasteiger partial charge in [0.05, 0.1) is 6.10 Å². The molecule has 1 N–H and O–H groups in total. The van der Waals surface area contributed by atoms with Gasteiger partial charge in [0, 0.05) is 0 Å². The molecule has 1 unspecified atom stereocenters. The van der Waals surface area contributed by atoms with Crippen molar-refractivity contribution in [2.24, 2.45) is 0 Å². The third-order valence-electron chi connectivity index (χ3n) is 1.84. The van der Waals surface area contributed by atoms with E-state index in [0.717, 1.165) is 5.56 Å². The number of rotatable bonds is 2. The zero-order valence-electron chi connectivity index (χ0n) is 9.28. The van der Waals surface area contributed by atoms with Crippen LogP contribution in [-0.4, -0.2) is 18.0 Å². The van der Waals surface area contributed by atoms with Crippen LogP contribution in [-0.2, 0) is 6.42 Å². The molecule has 0 bridgehead atoms. The maximum atomic E-state index is 9.21. The molecule has 0 aromatic heterocycles. The fourth-order valence-corrected chi connectivity index (χ4v) is 1.30. The second-order valence-electron chi connectivity index (χ2n) is 3.12. The Morgan fingerprint density at radius 3 is 3.08 bits per heavy atom. The normalized spacial score (nSPS) is 22.0. The molecule has 0 amide bonds. The van der Waals surface area contributed by atoms with Crippen LogP contribution in [0.25, 0.3) is 0 Å². The van der Waals surface area contributed by atoms with E-state index in [1.165, 1.54) is 0 Å². The second kappa shape index (κ2) is 3.26.